The van der Waals surface area contributed by atoms with Crippen molar-refractivity contribution in [2.24, 2.45) is 0 Å². The molecule has 1 saturated heterocycles. The molecule has 0 bridgehead atoms. The number of ether oxygens (including phenoxy) is 1. The van der Waals surface area contributed by atoms with E-state index in [2.05, 4.69) is 15.0 Å². The van der Waals surface area contributed by atoms with Gasteiger partial charge in [0, 0.05) is 45.3 Å². The highest BCUT2D eigenvalue weighted by Crippen LogP contribution is 2.30. The predicted octanol–water partition coefficient (Wildman–Crippen LogP) is 2.49. The van der Waals surface area contributed by atoms with E-state index in [9.17, 15) is 9.90 Å². The number of nitrogens with zero attached hydrogens (tertiary/aromatic N) is 4. The zero-order valence-corrected chi connectivity index (χ0v) is 15.5. The molecule has 1 aromatic heterocycles. The molecule has 1 aliphatic rings. The van der Waals surface area contributed by atoms with Gasteiger partial charge < -0.3 is 19.3 Å². The van der Waals surface area contributed by atoms with E-state index in [4.69, 9.17) is 9.26 Å². The molecule has 0 saturated carbocycles. The normalized spacial score (nSPS) is 15.5. The van der Waals surface area contributed by atoms with Crippen LogP contribution in [0.4, 0.5) is 16.3 Å². The number of fused-ring (bicyclic) bond motifs is 1. The van der Waals surface area contributed by atoms with Crippen LogP contribution in [0.15, 0.2) is 22.7 Å². The molecular weight excluding hydrogens is 336 g/mol. The van der Waals surface area contributed by atoms with Crippen molar-refractivity contribution in [1.82, 2.24) is 10.1 Å². The van der Waals surface area contributed by atoms with Crippen LogP contribution in [0.25, 0.3) is 11.0 Å². The smallest absolute Gasteiger partial charge is 0.412 e. The van der Waals surface area contributed by atoms with Crippen molar-refractivity contribution in [3.8, 4) is 0 Å². The molecule has 0 radical (unpaired) electrons. The topological polar surface area (TPSA) is 82.3 Å². The average molecular weight is 362 g/mol. The molecule has 0 aliphatic carbocycles. The Morgan fingerprint density at radius 2 is 2.08 bits per heavy atom. The summed E-state index contributed by atoms with van der Waals surface area (Å²) < 4.78 is 10.8. The van der Waals surface area contributed by atoms with E-state index in [1.54, 1.807) is 12.1 Å². The highest BCUT2D eigenvalue weighted by Gasteiger charge is 2.21. The minimum Gasteiger partial charge on any atom is -0.465 e. The van der Waals surface area contributed by atoms with Crippen molar-refractivity contribution in [2.45, 2.75) is 19.9 Å². The zero-order valence-electron chi connectivity index (χ0n) is 15.5. The van der Waals surface area contributed by atoms with Gasteiger partial charge in [-0.25, -0.2) is 4.79 Å². The van der Waals surface area contributed by atoms with E-state index in [1.807, 2.05) is 27.0 Å². The van der Waals surface area contributed by atoms with Crippen molar-refractivity contribution in [1.29, 1.82) is 0 Å². The summed E-state index contributed by atoms with van der Waals surface area (Å²) in [6.45, 7) is 8.93. The molecule has 0 unspecified atom stereocenters. The number of benzene rings is 1. The molecule has 1 fully saturated rings. The first-order valence-corrected chi connectivity index (χ1v) is 8.90. The molecule has 26 heavy (non-hydrogen) atoms. The van der Waals surface area contributed by atoms with Gasteiger partial charge in [0.25, 0.3) is 0 Å². The maximum atomic E-state index is 11.5. The molecule has 2 heterocycles. The number of rotatable bonds is 6. The molecule has 2 aromatic rings. The van der Waals surface area contributed by atoms with Crippen molar-refractivity contribution in [3.63, 3.8) is 0 Å². The van der Waals surface area contributed by atoms with Crippen molar-refractivity contribution >= 4 is 28.6 Å². The van der Waals surface area contributed by atoms with Gasteiger partial charge in [-0.1, -0.05) is 5.16 Å². The van der Waals surface area contributed by atoms with Crippen LogP contribution < -0.4 is 9.80 Å². The van der Waals surface area contributed by atoms with Crippen LogP contribution in [0.2, 0.25) is 0 Å². The van der Waals surface area contributed by atoms with Gasteiger partial charge in [-0.2, -0.15) is 0 Å². The predicted molar refractivity (Wildman–Crippen MR) is 100 cm³/mol. The summed E-state index contributed by atoms with van der Waals surface area (Å²) in [6.07, 6.45) is -0.985. The van der Waals surface area contributed by atoms with Crippen LogP contribution >= 0.6 is 0 Å². The quantitative estimate of drug-likeness (QED) is 0.845. The molecule has 3 rings (SSSR count). The van der Waals surface area contributed by atoms with E-state index < -0.39 is 6.09 Å². The zero-order chi connectivity index (χ0) is 18.7. The molecular formula is C18H26N4O4. The molecule has 0 atom stereocenters. The molecule has 1 N–H and O–H groups in total. The average Bonchev–Trinajstić information content (AvgIpc) is 3.03. The van der Waals surface area contributed by atoms with E-state index in [1.165, 1.54) is 4.90 Å². The first-order valence-electron chi connectivity index (χ1n) is 8.90. The number of morpholine rings is 1. The lowest BCUT2D eigenvalue weighted by molar-refractivity contribution is 0.0392. The van der Waals surface area contributed by atoms with Gasteiger partial charge in [-0.05, 0) is 26.0 Å². The number of amides is 1. The Hall–Kier alpha value is -2.32. The van der Waals surface area contributed by atoms with Crippen LogP contribution in [-0.4, -0.2) is 73.7 Å². The Balaban J connectivity index is 1.74. The summed E-state index contributed by atoms with van der Waals surface area (Å²) in [4.78, 5) is 17.2. The van der Waals surface area contributed by atoms with Crippen molar-refractivity contribution in [2.75, 3.05) is 56.2 Å². The van der Waals surface area contributed by atoms with Gasteiger partial charge in [-0.3, -0.25) is 9.80 Å². The number of hydrogen-bond acceptors (Lipinski definition) is 6. The van der Waals surface area contributed by atoms with Crippen LogP contribution in [0.3, 0.4) is 0 Å². The molecule has 0 spiro atoms. The highest BCUT2D eigenvalue weighted by atomic mass is 16.5. The van der Waals surface area contributed by atoms with Gasteiger partial charge >= 0.3 is 6.09 Å². The first-order chi connectivity index (χ1) is 12.5. The second kappa shape index (κ2) is 7.92. The van der Waals surface area contributed by atoms with Gasteiger partial charge in [-0.15, -0.1) is 0 Å². The Morgan fingerprint density at radius 3 is 2.73 bits per heavy atom. The molecule has 8 nitrogen and oxygen atoms in total. The van der Waals surface area contributed by atoms with E-state index in [0.29, 0.717) is 11.3 Å². The fourth-order valence-corrected chi connectivity index (χ4v) is 3.19. The van der Waals surface area contributed by atoms with Crippen molar-refractivity contribution < 1.29 is 19.2 Å². The van der Waals surface area contributed by atoms with E-state index >= 15 is 0 Å². The van der Waals surface area contributed by atoms with Gasteiger partial charge in [0.1, 0.15) is 0 Å². The lowest BCUT2D eigenvalue weighted by atomic mass is 10.2. The number of likely N-dealkylation sites (N-methyl/N-ethyl adjacent to an activating group) is 1. The SMILES string of the molecule is CC(C)N(C(=O)O)c1ccc2c(N(C)CCN3CCOCC3)noc2c1. The summed E-state index contributed by atoms with van der Waals surface area (Å²) >= 11 is 0. The number of anilines is 2. The van der Waals surface area contributed by atoms with Crippen LogP contribution in [0, 0.1) is 0 Å². The Bertz CT molecular complexity index is 755. The largest absolute Gasteiger partial charge is 0.465 e. The van der Waals surface area contributed by atoms with Crippen LogP contribution in [-0.2, 0) is 4.74 Å². The summed E-state index contributed by atoms with van der Waals surface area (Å²) in [7, 11) is 1.99. The third-order valence-electron chi connectivity index (χ3n) is 4.65. The summed E-state index contributed by atoms with van der Waals surface area (Å²) in [5, 5.41) is 14.5. The minimum atomic E-state index is -0.985. The second-order valence-electron chi connectivity index (χ2n) is 6.81. The minimum absolute atomic E-state index is 0.163. The molecule has 1 aromatic carbocycles. The van der Waals surface area contributed by atoms with E-state index in [-0.39, 0.29) is 6.04 Å². The van der Waals surface area contributed by atoms with Gasteiger partial charge in [0.15, 0.2) is 11.4 Å². The molecule has 8 heteroatoms. The van der Waals surface area contributed by atoms with E-state index in [0.717, 1.165) is 50.6 Å². The van der Waals surface area contributed by atoms with Crippen molar-refractivity contribution in [3.05, 3.63) is 18.2 Å². The highest BCUT2D eigenvalue weighted by molar-refractivity contribution is 5.94. The molecule has 1 amide bonds. The fraction of sp³-hybridized carbons (Fsp3) is 0.556. The number of carbonyl (C=O) groups is 1. The van der Waals surface area contributed by atoms with Crippen LogP contribution in [0.1, 0.15) is 13.8 Å². The third kappa shape index (κ3) is 3.91. The van der Waals surface area contributed by atoms with Crippen LogP contribution in [0.5, 0.6) is 0 Å². The maximum absolute atomic E-state index is 11.5. The molecule has 1 aliphatic heterocycles. The Labute approximate surface area is 152 Å². The number of hydrogen-bond donors (Lipinski definition) is 1. The summed E-state index contributed by atoms with van der Waals surface area (Å²) in [5.74, 6) is 0.770. The standard InChI is InChI=1S/C18H26N4O4/c1-13(2)22(18(23)24)14-4-5-15-16(12-14)26-19-17(15)20(3)6-7-21-8-10-25-11-9-21/h4-5,12-13H,6-11H2,1-3H3,(H,23,24). The third-order valence-corrected chi connectivity index (χ3v) is 4.65. The molecule has 142 valence electrons. The number of carboxylic acid groups (broad SMARTS) is 1. The summed E-state index contributed by atoms with van der Waals surface area (Å²) in [6, 6.07) is 5.24. The maximum Gasteiger partial charge on any atom is 0.412 e. The second-order valence-corrected chi connectivity index (χ2v) is 6.81. The summed E-state index contributed by atoms with van der Waals surface area (Å²) in [5.41, 5.74) is 1.17. The van der Waals surface area contributed by atoms with Gasteiger partial charge in [0.05, 0.1) is 24.3 Å². The number of aromatic nitrogens is 1. The first kappa shape index (κ1) is 18.5. The monoisotopic (exact) mass is 362 g/mol. The lowest BCUT2D eigenvalue weighted by Crippen LogP contribution is -2.40. The van der Waals surface area contributed by atoms with Gasteiger partial charge in [0.2, 0.25) is 0 Å². The lowest BCUT2D eigenvalue weighted by Gasteiger charge is -2.28. The fourth-order valence-electron chi connectivity index (χ4n) is 3.19. The Morgan fingerprint density at radius 1 is 1.35 bits per heavy atom. The Kier molecular flexibility index (Phi) is 5.63.